The number of carbonyl (C=O) groups excluding carboxylic acids is 2. The second kappa shape index (κ2) is 15.3. The summed E-state index contributed by atoms with van der Waals surface area (Å²) < 4.78 is 0. The van der Waals surface area contributed by atoms with E-state index in [9.17, 15) is 19.8 Å². The van der Waals surface area contributed by atoms with Gasteiger partial charge in [-0.05, 0) is 11.1 Å². The minimum atomic E-state index is -1.33. The molecule has 5 rings (SSSR count). The molecule has 0 amide bonds. The number of hydrogen-bond donors (Lipinski definition) is 4. The van der Waals surface area contributed by atoms with Crippen molar-refractivity contribution in [2.75, 3.05) is 0 Å². The van der Waals surface area contributed by atoms with Crippen LogP contribution in [-0.4, -0.2) is 51.8 Å². The molecular weight excluding hydrogens is 503 g/mol. The number of imidazole rings is 4. The molecule has 0 bridgehead atoms. The normalized spacial score (nSPS) is 8.91. The van der Waals surface area contributed by atoms with E-state index in [1.54, 1.807) is 49.6 Å². The molecule has 0 saturated heterocycles. The summed E-state index contributed by atoms with van der Waals surface area (Å²) >= 11 is 0. The summed E-state index contributed by atoms with van der Waals surface area (Å²) in [4.78, 5) is 48.2. The van der Waals surface area contributed by atoms with Crippen LogP contribution in [0.15, 0.2) is 73.8 Å². The van der Waals surface area contributed by atoms with Crippen LogP contribution < -0.4 is 10.2 Å². The molecule has 35 heavy (non-hydrogen) atoms. The molecule has 10 N–H and O–H groups in total. The zero-order valence-electron chi connectivity index (χ0n) is 17.9. The van der Waals surface area contributed by atoms with Crippen LogP contribution in [0.2, 0.25) is 0 Å². The smallest absolute Gasteiger partial charge is 0.545 e. The fraction of sp³-hybridized carbons (Fsp3) is 0. The SMILES string of the molecule is O=C([O-])c1ccc(C(=O)[O-])cc1.[Mn+2].[OH3+].[OH3+].c1c[nH]c(-c2ncc[nH]2)n1.c1c[nH]c(-c2ncc[nH]2)n1. The number of carboxylic acid groups (broad SMARTS) is 2. The summed E-state index contributed by atoms with van der Waals surface area (Å²) in [5.74, 6) is 0.407. The maximum Gasteiger partial charge on any atom is 2.00 e. The number of aromatic carboxylic acids is 2. The Morgan fingerprint density at radius 1 is 0.543 bits per heavy atom. The van der Waals surface area contributed by atoms with E-state index in [0.29, 0.717) is 0 Å². The molecule has 15 heteroatoms. The van der Waals surface area contributed by atoms with Gasteiger partial charge in [-0.15, -0.1) is 0 Å². The van der Waals surface area contributed by atoms with Gasteiger partial charge in [0, 0.05) is 49.6 Å². The van der Waals surface area contributed by atoms with E-state index >= 15 is 0 Å². The maximum atomic E-state index is 10.2. The van der Waals surface area contributed by atoms with Crippen molar-refractivity contribution in [2.45, 2.75) is 0 Å². The quantitative estimate of drug-likeness (QED) is 0.153. The molecule has 0 unspecified atom stereocenters. The Morgan fingerprint density at radius 3 is 0.914 bits per heavy atom. The average molecular weight is 525 g/mol. The number of aromatic nitrogens is 8. The fourth-order valence-corrected chi connectivity index (χ4v) is 2.32. The van der Waals surface area contributed by atoms with Crippen LogP contribution in [0, 0.1) is 0 Å². The Morgan fingerprint density at radius 2 is 0.771 bits per heavy atom. The summed E-state index contributed by atoms with van der Waals surface area (Å²) in [6.07, 6.45) is 13.8. The van der Waals surface area contributed by atoms with Crippen molar-refractivity contribution in [2.24, 2.45) is 0 Å². The van der Waals surface area contributed by atoms with Gasteiger partial charge < -0.3 is 50.7 Å². The topological polar surface area (TPSA) is 261 Å². The monoisotopic (exact) mass is 525 g/mol. The number of nitrogens with one attached hydrogen (secondary N) is 4. The fourth-order valence-electron chi connectivity index (χ4n) is 2.32. The van der Waals surface area contributed by atoms with Crippen molar-refractivity contribution in [1.29, 1.82) is 0 Å². The van der Waals surface area contributed by atoms with E-state index in [-0.39, 0.29) is 39.1 Å². The predicted molar refractivity (Wildman–Crippen MR) is 117 cm³/mol. The molecule has 4 aromatic heterocycles. The first-order chi connectivity index (χ1) is 15.5. The first-order valence-corrected chi connectivity index (χ1v) is 9.05. The Hall–Kier alpha value is -4.56. The van der Waals surface area contributed by atoms with Gasteiger partial charge >= 0.3 is 17.1 Å². The number of carboxylic acids is 2. The molecule has 0 fully saturated rings. The van der Waals surface area contributed by atoms with Crippen molar-refractivity contribution < 1.29 is 47.8 Å². The Bertz CT molecular complexity index is 1050. The van der Waals surface area contributed by atoms with Crippen LogP contribution in [0.1, 0.15) is 20.7 Å². The van der Waals surface area contributed by atoms with Crippen molar-refractivity contribution in [3.63, 3.8) is 0 Å². The van der Waals surface area contributed by atoms with Gasteiger partial charge in [-0.1, -0.05) is 24.3 Å². The zero-order chi connectivity index (χ0) is 22.8. The van der Waals surface area contributed by atoms with E-state index in [2.05, 4.69) is 39.9 Å². The molecule has 1 radical (unpaired) electrons. The van der Waals surface area contributed by atoms with Gasteiger partial charge in [0.15, 0.2) is 23.3 Å². The van der Waals surface area contributed by atoms with Gasteiger partial charge in [-0.25, -0.2) is 19.9 Å². The number of nitrogens with zero attached hydrogens (tertiary/aromatic N) is 4. The van der Waals surface area contributed by atoms with Gasteiger partial charge in [0.1, 0.15) is 0 Å². The second-order valence-corrected chi connectivity index (χ2v) is 5.90. The number of carbonyl (C=O) groups is 2. The molecule has 0 atom stereocenters. The van der Waals surface area contributed by atoms with Crippen LogP contribution >= 0.6 is 0 Å². The van der Waals surface area contributed by atoms with Gasteiger partial charge in [0.25, 0.3) is 0 Å². The summed E-state index contributed by atoms with van der Waals surface area (Å²) in [6, 6.07) is 4.61. The minimum absolute atomic E-state index is 0. The van der Waals surface area contributed by atoms with Crippen LogP contribution in [0.5, 0.6) is 0 Å². The third-order valence-corrected chi connectivity index (χ3v) is 3.80. The predicted octanol–water partition coefficient (Wildman–Crippen LogP) is -1.83. The number of rotatable bonds is 4. The third-order valence-electron chi connectivity index (χ3n) is 3.80. The number of H-pyrrole nitrogens is 4. The Kier molecular flexibility index (Phi) is 13.3. The summed E-state index contributed by atoms with van der Waals surface area (Å²) in [5, 5.41) is 20.4. The molecule has 5 aromatic rings. The van der Waals surface area contributed by atoms with Gasteiger partial charge in [-0.2, -0.15) is 0 Å². The molecule has 0 spiro atoms. The van der Waals surface area contributed by atoms with E-state index in [0.717, 1.165) is 47.6 Å². The first-order valence-electron chi connectivity index (χ1n) is 9.05. The van der Waals surface area contributed by atoms with Gasteiger partial charge in [0.05, 0.1) is 11.9 Å². The molecule has 4 heterocycles. The van der Waals surface area contributed by atoms with E-state index in [1.807, 2.05) is 0 Å². The van der Waals surface area contributed by atoms with Crippen molar-refractivity contribution >= 4 is 11.9 Å². The number of benzene rings is 1. The molecule has 1 aromatic carbocycles. The van der Waals surface area contributed by atoms with Gasteiger partial charge in [-0.3, -0.25) is 0 Å². The molecule has 14 nitrogen and oxygen atoms in total. The van der Waals surface area contributed by atoms with Crippen LogP contribution in [-0.2, 0) is 28.0 Å². The largest absolute Gasteiger partial charge is 2.00 e. The van der Waals surface area contributed by atoms with Crippen molar-refractivity contribution in [3.05, 3.63) is 85.0 Å². The number of hydrogen-bond acceptors (Lipinski definition) is 8. The molecule has 0 aliphatic carbocycles. The Labute approximate surface area is 208 Å². The van der Waals surface area contributed by atoms with Crippen LogP contribution in [0.4, 0.5) is 0 Å². The minimum Gasteiger partial charge on any atom is -0.545 e. The first kappa shape index (κ1) is 30.4. The Balaban J connectivity index is 0.000000477. The van der Waals surface area contributed by atoms with Crippen molar-refractivity contribution in [1.82, 2.24) is 39.9 Å². The molecule has 0 saturated carbocycles. The van der Waals surface area contributed by atoms with E-state index < -0.39 is 11.9 Å². The van der Waals surface area contributed by atoms with E-state index in [4.69, 9.17) is 0 Å². The zero-order valence-corrected chi connectivity index (χ0v) is 19.1. The maximum absolute atomic E-state index is 10.2. The standard InChI is InChI=1S/C8H6O4.2C6H6N4.Mn.2H2O/c9-7(10)5-1-2-6(4-3-5)8(11)12;2*1-2-8-5(7-1)6-9-3-4-10-6;;;/h1-4H,(H,9,10)(H,11,12);2*1-4H,(H,7,8)(H,9,10);;2*1H2/q;;;+2;;. The van der Waals surface area contributed by atoms with Crippen molar-refractivity contribution in [3.8, 4) is 23.3 Å². The summed E-state index contributed by atoms with van der Waals surface area (Å²) in [7, 11) is 0. The van der Waals surface area contributed by atoms with Gasteiger partial charge in [0.2, 0.25) is 0 Å². The van der Waals surface area contributed by atoms with Crippen LogP contribution in [0.3, 0.4) is 0 Å². The third kappa shape index (κ3) is 9.07. The molecular formula is C20H22MnN8O6+2. The van der Waals surface area contributed by atoms with Crippen LogP contribution in [0.25, 0.3) is 23.3 Å². The summed E-state index contributed by atoms with van der Waals surface area (Å²) in [5.41, 5.74) is -0.111. The molecule has 183 valence electrons. The second-order valence-electron chi connectivity index (χ2n) is 5.90. The number of aromatic amines is 4. The average Bonchev–Trinajstić information content (AvgIpc) is 3.61. The summed E-state index contributed by atoms with van der Waals surface area (Å²) in [6.45, 7) is 0. The molecule has 0 aliphatic rings. The van der Waals surface area contributed by atoms with E-state index in [1.165, 1.54) is 0 Å². The molecule has 0 aliphatic heterocycles.